The van der Waals surface area contributed by atoms with Crippen molar-refractivity contribution in [2.24, 2.45) is 0 Å². The molecule has 0 unspecified atom stereocenters. The van der Waals surface area contributed by atoms with Crippen LogP contribution in [-0.4, -0.2) is 55.8 Å². The van der Waals surface area contributed by atoms with Crippen LogP contribution in [0.15, 0.2) is 28.9 Å². The number of amides is 1. The monoisotopic (exact) mass is 321 g/mol. The summed E-state index contributed by atoms with van der Waals surface area (Å²) in [6.07, 6.45) is 1.58. The number of rotatable bonds is 8. The third-order valence-electron chi connectivity index (χ3n) is 3.45. The molecule has 0 atom stereocenters. The number of carbonyl (C=O) groups is 2. The summed E-state index contributed by atoms with van der Waals surface area (Å²) in [4.78, 5) is 24.5. The zero-order valence-electron chi connectivity index (χ0n) is 13.1. The van der Waals surface area contributed by atoms with E-state index in [4.69, 9.17) is 19.0 Å². The number of ether oxygens (including phenoxy) is 2. The number of nitrogens with zero attached hydrogens (tertiary/aromatic N) is 1. The Balaban J connectivity index is 2.15. The molecule has 1 aromatic carbocycles. The van der Waals surface area contributed by atoms with E-state index in [2.05, 4.69) is 0 Å². The Morgan fingerprint density at radius 3 is 2.74 bits per heavy atom. The van der Waals surface area contributed by atoms with E-state index in [1.54, 1.807) is 19.2 Å². The van der Waals surface area contributed by atoms with Crippen molar-refractivity contribution >= 4 is 22.8 Å². The van der Waals surface area contributed by atoms with Crippen LogP contribution in [-0.2, 0) is 20.7 Å². The van der Waals surface area contributed by atoms with E-state index >= 15 is 0 Å². The number of furan rings is 1. The normalized spacial score (nSPS) is 10.7. The molecule has 0 saturated carbocycles. The van der Waals surface area contributed by atoms with Crippen LogP contribution in [0.5, 0.6) is 5.75 Å². The summed E-state index contributed by atoms with van der Waals surface area (Å²) in [5.74, 6) is -0.684. The van der Waals surface area contributed by atoms with Crippen molar-refractivity contribution < 1.29 is 28.6 Å². The second-order valence-electron chi connectivity index (χ2n) is 5.00. The molecule has 7 heteroatoms. The van der Waals surface area contributed by atoms with Crippen molar-refractivity contribution in [2.45, 2.75) is 6.42 Å². The van der Waals surface area contributed by atoms with Gasteiger partial charge >= 0.3 is 5.97 Å². The Kier molecular flexibility index (Phi) is 5.59. The zero-order chi connectivity index (χ0) is 16.8. The summed E-state index contributed by atoms with van der Waals surface area (Å²) in [5, 5.41) is 9.73. The van der Waals surface area contributed by atoms with Gasteiger partial charge in [-0.25, -0.2) is 0 Å². The number of carbonyl (C=O) groups excluding carboxylic acids is 1. The predicted molar refractivity (Wildman–Crippen MR) is 82.6 cm³/mol. The molecule has 1 aromatic heterocycles. The van der Waals surface area contributed by atoms with Crippen LogP contribution < -0.4 is 4.74 Å². The molecule has 124 valence electrons. The van der Waals surface area contributed by atoms with Gasteiger partial charge < -0.3 is 23.9 Å². The van der Waals surface area contributed by atoms with Gasteiger partial charge in [-0.1, -0.05) is 0 Å². The third-order valence-corrected chi connectivity index (χ3v) is 3.45. The molecule has 1 N–H and O–H groups in total. The Labute approximate surface area is 133 Å². The first-order valence-corrected chi connectivity index (χ1v) is 7.07. The molecule has 0 fully saturated rings. The van der Waals surface area contributed by atoms with Crippen LogP contribution in [0.3, 0.4) is 0 Å². The lowest BCUT2D eigenvalue weighted by Gasteiger charge is -2.20. The lowest BCUT2D eigenvalue weighted by molar-refractivity contribution is -0.144. The highest BCUT2D eigenvalue weighted by Gasteiger charge is 2.19. The molecular weight excluding hydrogens is 302 g/mol. The standard InChI is InChI=1S/C16H19NO6/c1-21-6-5-17(9-16(19)20)15(18)7-11-10-23-14-8-12(22-2)3-4-13(11)14/h3-4,8,10H,5-7,9H2,1-2H3,(H,19,20). The fourth-order valence-corrected chi connectivity index (χ4v) is 2.26. The number of fused-ring (bicyclic) bond motifs is 1. The van der Waals surface area contributed by atoms with E-state index in [9.17, 15) is 9.59 Å². The summed E-state index contributed by atoms with van der Waals surface area (Å²) >= 11 is 0. The summed E-state index contributed by atoms with van der Waals surface area (Å²) in [7, 11) is 3.06. The molecule has 0 aliphatic carbocycles. The highest BCUT2D eigenvalue weighted by Crippen LogP contribution is 2.26. The molecule has 0 spiro atoms. The van der Waals surface area contributed by atoms with Crippen LogP contribution in [0.4, 0.5) is 0 Å². The van der Waals surface area contributed by atoms with Crippen LogP contribution in [0.2, 0.25) is 0 Å². The van der Waals surface area contributed by atoms with Gasteiger partial charge in [0.25, 0.3) is 0 Å². The first-order valence-electron chi connectivity index (χ1n) is 7.07. The molecule has 2 aromatic rings. The fourth-order valence-electron chi connectivity index (χ4n) is 2.26. The topological polar surface area (TPSA) is 89.2 Å². The third kappa shape index (κ3) is 4.23. The van der Waals surface area contributed by atoms with Crippen molar-refractivity contribution in [3.63, 3.8) is 0 Å². The van der Waals surface area contributed by atoms with E-state index in [-0.39, 0.29) is 32.0 Å². The second kappa shape index (κ2) is 7.64. The van der Waals surface area contributed by atoms with Gasteiger partial charge in [0, 0.05) is 30.7 Å². The number of aliphatic carboxylic acids is 1. The molecule has 2 rings (SSSR count). The SMILES string of the molecule is COCCN(CC(=O)O)C(=O)Cc1coc2cc(OC)ccc12. The molecule has 7 nitrogen and oxygen atoms in total. The van der Waals surface area contributed by atoms with Gasteiger partial charge in [-0.05, 0) is 12.1 Å². The number of hydrogen-bond donors (Lipinski definition) is 1. The molecule has 1 heterocycles. The molecule has 23 heavy (non-hydrogen) atoms. The summed E-state index contributed by atoms with van der Waals surface area (Å²) in [6.45, 7) is 0.152. The minimum atomic E-state index is -1.06. The average Bonchev–Trinajstić information content (AvgIpc) is 2.93. The van der Waals surface area contributed by atoms with Crippen LogP contribution in [0.25, 0.3) is 11.0 Å². The van der Waals surface area contributed by atoms with Gasteiger partial charge in [-0.3, -0.25) is 9.59 Å². The number of methoxy groups -OCH3 is 2. The number of carboxylic acid groups (broad SMARTS) is 1. The van der Waals surface area contributed by atoms with Gasteiger partial charge in [-0.15, -0.1) is 0 Å². The number of benzene rings is 1. The largest absolute Gasteiger partial charge is 0.497 e. The van der Waals surface area contributed by atoms with E-state index in [0.717, 1.165) is 5.39 Å². The van der Waals surface area contributed by atoms with Gasteiger partial charge in [0.2, 0.25) is 5.91 Å². The van der Waals surface area contributed by atoms with Crippen molar-refractivity contribution in [2.75, 3.05) is 33.9 Å². The number of carboxylic acids is 1. The Bertz CT molecular complexity index is 693. The average molecular weight is 321 g/mol. The number of hydrogen-bond acceptors (Lipinski definition) is 5. The predicted octanol–water partition coefficient (Wildman–Crippen LogP) is 1.54. The first-order chi connectivity index (χ1) is 11.0. The summed E-state index contributed by atoms with van der Waals surface area (Å²) in [6, 6.07) is 5.34. The van der Waals surface area contributed by atoms with Crippen LogP contribution in [0.1, 0.15) is 5.56 Å². The van der Waals surface area contributed by atoms with Crippen molar-refractivity contribution in [1.82, 2.24) is 4.90 Å². The zero-order valence-corrected chi connectivity index (χ0v) is 13.1. The molecule has 0 bridgehead atoms. The van der Waals surface area contributed by atoms with Crippen LogP contribution >= 0.6 is 0 Å². The quantitative estimate of drug-likeness (QED) is 0.793. The molecular formula is C16H19NO6. The second-order valence-corrected chi connectivity index (χ2v) is 5.00. The maximum absolute atomic E-state index is 12.4. The first kappa shape index (κ1) is 16.8. The Morgan fingerprint density at radius 2 is 2.09 bits per heavy atom. The summed E-state index contributed by atoms with van der Waals surface area (Å²) in [5.41, 5.74) is 1.33. The maximum atomic E-state index is 12.4. The van der Waals surface area contributed by atoms with Crippen molar-refractivity contribution in [3.8, 4) is 5.75 Å². The van der Waals surface area contributed by atoms with E-state index in [1.807, 2.05) is 6.07 Å². The molecule has 0 radical (unpaired) electrons. The Morgan fingerprint density at radius 1 is 1.30 bits per heavy atom. The lowest BCUT2D eigenvalue weighted by atomic mass is 10.1. The fraction of sp³-hybridized carbons (Fsp3) is 0.375. The summed E-state index contributed by atoms with van der Waals surface area (Å²) < 4.78 is 15.5. The van der Waals surface area contributed by atoms with Gasteiger partial charge in [0.15, 0.2) is 0 Å². The molecule has 0 saturated heterocycles. The minimum Gasteiger partial charge on any atom is -0.497 e. The van der Waals surface area contributed by atoms with Crippen molar-refractivity contribution in [1.29, 1.82) is 0 Å². The minimum absolute atomic E-state index is 0.0658. The van der Waals surface area contributed by atoms with Crippen molar-refractivity contribution in [3.05, 3.63) is 30.0 Å². The van der Waals surface area contributed by atoms with E-state index < -0.39 is 5.97 Å². The Hall–Kier alpha value is -2.54. The highest BCUT2D eigenvalue weighted by atomic mass is 16.5. The molecule has 0 aliphatic rings. The van der Waals surface area contributed by atoms with Gasteiger partial charge in [0.05, 0.1) is 26.4 Å². The van der Waals surface area contributed by atoms with Gasteiger partial charge in [-0.2, -0.15) is 0 Å². The van der Waals surface area contributed by atoms with Gasteiger partial charge in [0.1, 0.15) is 17.9 Å². The lowest BCUT2D eigenvalue weighted by Crippen LogP contribution is -2.38. The smallest absolute Gasteiger partial charge is 0.323 e. The van der Waals surface area contributed by atoms with E-state index in [0.29, 0.717) is 16.9 Å². The molecule has 1 amide bonds. The van der Waals surface area contributed by atoms with Crippen LogP contribution in [0, 0.1) is 0 Å². The maximum Gasteiger partial charge on any atom is 0.323 e. The van der Waals surface area contributed by atoms with E-state index in [1.165, 1.54) is 18.3 Å². The molecule has 0 aliphatic heterocycles. The highest BCUT2D eigenvalue weighted by molar-refractivity contribution is 5.89.